The first-order valence-electron chi connectivity index (χ1n) is 4.82. The number of nitrogens with zero attached hydrogens (tertiary/aromatic N) is 2. The molecule has 0 aromatic rings. The van der Waals surface area contributed by atoms with Gasteiger partial charge >= 0.3 is 0 Å². The van der Waals surface area contributed by atoms with Gasteiger partial charge in [-0.1, -0.05) is 6.92 Å². The third kappa shape index (κ3) is 0.895. The fourth-order valence-electron chi connectivity index (χ4n) is 2.66. The van der Waals surface area contributed by atoms with Crippen LogP contribution in [0.15, 0.2) is 0 Å². The van der Waals surface area contributed by atoms with Crippen molar-refractivity contribution in [2.24, 2.45) is 17.8 Å². The lowest BCUT2D eigenvalue weighted by atomic mass is 10.1. The van der Waals surface area contributed by atoms with Crippen LogP contribution in [0.25, 0.3) is 0 Å². The standard InChI is InChI=1S/C10H16N2/c1-6(2)12-5-8-7(3)10(8)9(12)4-11/h6-10H,5H2,1-3H3/t7-,8+,9-,10-/m1/s1. The van der Waals surface area contributed by atoms with Crippen molar-refractivity contribution in [3.8, 4) is 6.07 Å². The molecule has 2 aliphatic rings. The summed E-state index contributed by atoms with van der Waals surface area (Å²) >= 11 is 0. The predicted octanol–water partition coefficient (Wildman–Crippen LogP) is 1.48. The van der Waals surface area contributed by atoms with E-state index < -0.39 is 0 Å². The van der Waals surface area contributed by atoms with Gasteiger partial charge in [0.2, 0.25) is 0 Å². The number of rotatable bonds is 1. The summed E-state index contributed by atoms with van der Waals surface area (Å²) in [6.45, 7) is 7.79. The van der Waals surface area contributed by atoms with Crippen LogP contribution in [0.2, 0.25) is 0 Å². The van der Waals surface area contributed by atoms with E-state index in [1.165, 1.54) is 0 Å². The first kappa shape index (κ1) is 8.07. The van der Waals surface area contributed by atoms with Crippen molar-refractivity contribution in [2.45, 2.75) is 32.9 Å². The van der Waals surface area contributed by atoms with Crippen LogP contribution in [-0.2, 0) is 0 Å². The van der Waals surface area contributed by atoms with E-state index in [-0.39, 0.29) is 6.04 Å². The highest BCUT2D eigenvalue weighted by atomic mass is 15.2. The van der Waals surface area contributed by atoms with E-state index in [2.05, 4.69) is 31.7 Å². The van der Waals surface area contributed by atoms with Crippen LogP contribution in [0.1, 0.15) is 20.8 Å². The Morgan fingerprint density at radius 2 is 2.17 bits per heavy atom. The Bertz CT molecular complexity index is 228. The molecule has 1 saturated carbocycles. The van der Waals surface area contributed by atoms with Crippen molar-refractivity contribution in [1.82, 2.24) is 4.90 Å². The van der Waals surface area contributed by atoms with Crippen molar-refractivity contribution in [1.29, 1.82) is 5.26 Å². The first-order valence-corrected chi connectivity index (χ1v) is 4.82. The summed E-state index contributed by atoms with van der Waals surface area (Å²) in [6.07, 6.45) is 0. The maximum Gasteiger partial charge on any atom is 0.101 e. The minimum absolute atomic E-state index is 0.213. The van der Waals surface area contributed by atoms with E-state index >= 15 is 0 Å². The third-order valence-electron chi connectivity index (χ3n) is 3.58. The van der Waals surface area contributed by atoms with Gasteiger partial charge in [-0.3, -0.25) is 4.90 Å². The fraction of sp³-hybridized carbons (Fsp3) is 0.900. The zero-order valence-electron chi connectivity index (χ0n) is 7.99. The summed E-state index contributed by atoms with van der Waals surface area (Å²) in [6, 6.07) is 3.19. The van der Waals surface area contributed by atoms with Gasteiger partial charge in [-0.25, -0.2) is 0 Å². The lowest BCUT2D eigenvalue weighted by molar-refractivity contribution is 0.197. The van der Waals surface area contributed by atoms with Crippen molar-refractivity contribution in [2.75, 3.05) is 6.54 Å². The van der Waals surface area contributed by atoms with Gasteiger partial charge in [0, 0.05) is 12.6 Å². The maximum atomic E-state index is 9.01. The predicted molar refractivity (Wildman–Crippen MR) is 47.4 cm³/mol. The normalized spacial score (nSPS) is 45.9. The van der Waals surface area contributed by atoms with Gasteiger partial charge in [0.1, 0.15) is 6.04 Å². The molecule has 2 fully saturated rings. The molecule has 4 atom stereocenters. The third-order valence-corrected chi connectivity index (χ3v) is 3.58. The van der Waals surface area contributed by atoms with E-state index in [9.17, 15) is 0 Å². The van der Waals surface area contributed by atoms with Gasteiger partial charge < -0.3 is 0 Å². The molecule has 0 spiro atoms. The molecule has 1 saturated heterocycles. The van der Waals surface area contributed by atoms with Crippen LogP contribution >= 0.6 is 0 Å². The Morgan fingerprint density at radius 3 is 2.67 bits per heavy atom. The number of hydrogen-bond donors (Lipinski definition) is 0. The van der Waals surface area contributed by atoms with Gasteiger partial charge in [0.15, 0.2) is 0 Å². The smallest absolute Gasteiger partial charge is 0.101 e. The number of hydrogen-bond acceptors (Lipinski definition) is 2. The molecule has 0 N–H and O–H groups in total. The first-order chi connectivity index (χ1) is 5.66. The molecule has 1 heterocycles. The Kier molecular flexibility index (Phi) is 1.66. The van der Waals surface area contributed by atoms with Crippen LogP contribution < -0.4 is 0 Å². The van der Waals surface area contributed by atoms with Crippen LogP contribution in [0.4, 0.5) is 0 Å². The average molecular weight is 164 g/mol. The molecule has 2 nitrogen and oxygen atoms in total. The number of piperidine rings is 1. The van der Waals surface area contributed by atoms with Crippen molar-refractivity contribution < 1.29 is 0 Å². The molecule has 0 aromatic carbocycles. The van der Waals surface area contributed by atoms with Gasteiger partial charge in [-0.15, -0.1) is 0 Å². The summed E-state index contributed by atoms with van der Waals surface area (Å²) in [4.78, 5) is 2.34. The molecule has 0 bridgehead atoms. The monoisotopic (exact) mass is 164 g/mol. The molecule has 0 aromatic heterocycles. The van der Waals surface area contributed by atoms with Gasteiger partial charge in [0.25, 0.3) is 0 Å². The molecule has 2 heteroatoms. The van der Waals surface area contributed by atoms with E-state index in [0.29, 0.717) is 12.0 Å². The van der Waals surface area contributed by atoms with Gasteiger partial charge in [0.05, 0.1) is 6.07 Å². The minimum Gasteiger partial charge on any atom is -0.285 e. The van der Waals surface area contributed by atoms with E-state index in [1.807, 2.05) is 0 Å². The quantitative estimate of drug-likeness (QED) is 0.587. The highest BCUT2D eigenvalue weighted by molar-refractivity contribution is 5.16. The zero-order chi connectivity index (χ0) is 8.88. The van der Waals surface area contributed by atoms with Crippen LogP contribution in [0.5, 0.6) is 0 Å². The average Bonchev–Trinajstić information content (AvgIpc) is 2.52. The Balaban J connectivity index is 2.10. The topological polar surface area (TPSA) is 27.0 Å². The summed E-state index contributed by atoms with van der Waals surface area (Å²) in [5.41, 5.74) is 0. The molecular weight excluding hydrogens is 148 g/mol. The number of nitriles is 1. The lowest BCUT2D eigenvalue weighted by Gasteiger charge is -2.27. The second-order valence-electron chi connectivity index (χ2n) is 4.46. The summed E-state index contributed by atoms with van der Waals surface area (Å²) < 4.78 is 0. The minimum atomic E-state index is 0.213. The molecule has 0 amide bonds. The SMILES string of the molecule is CC(C)N1C[C@H]2[C@@H](C)[C@H]2[C@H]1C#N. The second kappa shape index (κ2) is 2.47. The Hall–Kier alpha value is -0.550. The summed E-state index contributed by atoms with van der Waals surface area (Å²) in [7, 11) is 0. The molecule has 1 aliphatic carbocycles. The molecule has 2 rings (SSSR count). The van der Waals surface area contributed by atoms with Crippen LogP contribution in [-0.4, -0.2) is 23.5 Å². The van der Waals surface area contributed by atoms with Crippen molar-refractivity contribution >= 4 is 0 Å². The van der Waals surface area contributed by atoms with Crippen LogP contribution in [0.3, 0.4) is 0 Å². The van der Waals surface area contributed by atoms with Gasteiger partial charge in [-0.05, 0) is 31.6 Å². The largest absolute Gasteiger partial charge is 0.285 e. The van der Waals surface area contributed by atoms with Crippen LogP contribution in [0, 0.1) is 29.1 Å². The Labute approximate surface area is 74.2 Å². The fourth-order valence-corrected chi connectivity index (χ4v) is 2.66. The Morgan fingerprint density at radius 1 is 1.50 bits per heavy atom. The second-order valence-corrected chi connectivity index (χ2v) is 4.46. The molecule has 0 radical (unpaired) electrons. The van der Waals surface area contributed by atoms with E-state index in [0.717, 1.165) is 18.4 Å². The van der Waals surface area contributed by atoms with Gasteiger partial charge in [-0.2, -0.15) is 5.26 Å². The maximum absolute atomic E-state index is 9.01. The van der Waals surface area contributed by atoms with E-state index in [4.69, 9.17) is 5.26 Å². The molecule has 1 aliphatic heterocycles. The molecule has 12 heavy (non-hydrogen) atoms. The summed E-state index contributed by atoms with van der Waals surface area (Å²) in [5, 5.41) is 9.01. The van der Waals surface area contributed by atoms with Crippen molar-refractivity contribution in [3.05, 3.63) is 0 Å². The van der Waals surface area contributed by atoms with Crippen molar-refractivity contribution in [3.63, 3.8) is 0 Å². The molecule has 66 valence electrons. The molecular formula is C10H16N2. The highest BCUT2D eigenvalue weighted by Crippen LogP contribution is 2.55. The number of fused-ring (bicyclic) bond motifs is 1. The number of likely N-dealkylation sites (tertiary alicyclic amines) is 1. The zero-order valence-corrected chi connectivity index (χ0v) is 7.99. The molecule has 0 unspecified atom stereocenters. The highest BCUT2D eigenvalue weighted by Gasteiger charge is 2.59. The lowest BCUT2D eigenvalue weighted by Crippen LogP contribution is -2.38. The summed E-state index contributed by atoms with van der Waals surface area (Å²) in [5.74, 6) is 2.33. The van der Waals surface area contributed by atoms with E-state index in [1.54, 1.807) is 0 Å².